The van der Waals surface area contributed by atoms with E-state index in [-0.39, 0.29) is 17.7 Å². The summed E-state index contributed by atoms with van der Waals surface area (Å²) in [5.74, 6) is 5.48. The summed E-state index contributed by atoms with van der Waals surface area (Å²) in [6, 6.07) is 10.0. The van der Waals surface area contributed by atoms with E-state index >= 15 is 0 Å². The summed E-state index contributed by atoms with van der Waals surface area (Å²) in [6.45, 7) is 1.90. The molecule has 22 heavy (non-hydrogen) atoms. The zero-order chi connectivity index (χ0) is 15.9. The lowest BCUT2D eigenvalue weighted by atomic mass is 9.91. The number of nitrogens with two attached hydrogens (primary N) is 1. The number of carbonyl (C=O) groups excluding carboxylic acids is 2. The van der Waals surface area contributed by atoms with Crippen molar-refractivity contribution >= 4 is 11.8 Å². The Morgan fingerprint density at radius 2 is 1.86 bits per heavy atom. The third-order valence-corrected chi connectivity index (χ3v) is 4.70. The molecule has 1 aliphatic rings. The Bertz CT molecular complexity index is 495. The molecular weight excluding hydrogens is 276 g/mol. The van der Waals surface area contributed by atoms with Crippen molar-refractivity contribution in [3.05, 3.63) is 35.9 Å². The number of hydrogen-bond donors (Lipinski definition) is 1. The summed E-state index contributed by atoms with van der Waals surface area (Å²) >= 11 is 0. The third kappa shape index (κ3) is 4.41. The standard InChI is InChI=1S/C18H26N2O2/c1-14(16-11-5-6-12-16)18(22)20(19)17(21)13-7-10-15-8-3-2-4-9-15/h2-4,8-9,14,16H,5-7,10-13,19H2,1H3. The van der Waals surface area contributed by atoms with Crippen molar-refractivity contribution in [2.75, 3.05) is 0 Å². The van der Waals surface area contributed by atoms with Gasteiger partial charge in [-0.2, -0.15) is 0 Å². The van der Waals surface area contributed by atoms with Gasteiger partial charge in [0, 0.05) is 12.3 Å². The van der Waals surface area contributed by atoms with Crippen molar-refractivity contribution in [1.29, 1.82) is 0 Å². The van der Waals surface area contributed by atoms with E-state index in [9.17, 15) is 9.59 Å². The Kier molecular flexibility index (Phi) is 6.13. The average Bonchev–Trinajstić information content (AvgIpc) is 3.08. The molecule has 4 heteroatoms. The van der Waals surface area contributed by atoms with Gasteiger partial charge in [-0.1, -0.05) is 50.1 Å². The van der Waals surface area contributed by atoms with Crippen LogP contribution in [0.15, 0.2) is 30.3 Å². The maximum atomic E-state index is 12.3. The second-order valence-corrected chi connectivity index (χ2v) is 6.27. The minimum absolute atomic E-state index is 0.148. The van der Waals surface area contributed by atoms with Gasteiger partial charge in [0.2, 0.25) is 11.8 Å². The van der Waals surface area contributed by atoms with Crippen molar-refractivity contribution in [1.82, 2.24) is 5.01 Å². The smallest absolute Gasteiger partial charge is 0.246 e. The maximum absolute atomic E-state index is 12.3. The molecule has 0 bridgehead atoms. The van der Waals surface area contributed by atoms with E-state index < -0.39 is 0 Å². The van der Waals surface area contributed by atoms with Gasteiger partial charge in [-0.15, -0.1) is 0 Å². The largest absolute Gasteiger partial charge is 0.273 e. The Morgan fingerprint density at radius 3 is 2.50 bits per heavy atom. The minimum Gasteiger partial charge on any atom is -0.273 e. The normalized spacial score (nSPS) is 16.5. The Labute approximate surface area is 132 Å². The summed E-state index contributed by atoms with van der Waals surface area (Å²) in [4.78, 5) is 24.4. The van der Waals surface area contributed by atoms with Gasteiger partial charge in [-0.3, -0.25) is 9.59 Å². The van der Waals surface area contributed by atoms with Crippen molar-refractivity contribution in [3.63, 3.8) is 0 Å². The van der Waals surface area contributed by atoms with E-state index in [1.807, 2.05) is 37.3 Å². The fraction of sp³-hybridized carbons (Fsp3) is 0.556. The number of rotatable bonds is 6. The van der Waals surface area contributed by atoms with Crippen LogP contribution < -0.4 is 5.84 Å². The molecule has 1 saturated carbocycles. The predicted octanol–water partition coefficient (Wildman–Crippen LogP) is 3.06. The number of aryl methyl sites for hydroxylation is 1. The molecule has 1 aromatic rings. The van der Waals surface area contributed by atoms with Gasteiger partial charge < -0.3 is 0 Å². The predicted molar refractivity (Wildman–Crippen MR) is 86.5 cm³/mol. The lowest BCUT2D eigenvalue weighted by molar-refractivity contribution is -0.148. The van der Waals surface area contributed by atoms with Crippen LogP contribution in [0.25, 0.3) is 0 Å². The van der Waals surface area contributed by atoms with Crippen molar-refractivity contribution in [2.45, 2.75) is 51.9 Å². The molecule has 0 aliphatic heterocycles. The van der Waals surface area contributed by atoms with Crippen LogP contribution in [0.2, 0.25) is 0 Å². The van der Waals surface area contributed by atoms with Gasteiger partial charge >= 0.3 is 0 Å². The molecule has 0 spiro atoms. The highest BCUT2D eigenvalue weighted by molar-refractivity contribution is 5.95. The van der Waals surface area contributed by atoms with Crippen molar-refractivity contribution in [3.8, 4) is 0 Å². The molecule has 2 N–H and O–H groups in total. The third-order valence-electron chi connectivity index (χ3n) is 4.70. The van der Waals surface area contributed by atoms with E-state index in [0.29, 0.717) is 18.8 Å². The SMILES string of the molecule is CC(C(=O)N(N)C(=O)CCCc1ccccc1)C1CCCC1. The first-order valence-electron chi connectivity index (χ1n) is 8.25. The highest BCUT2D eigenvalue weighted by atomic mass is 16.2. The van der Waals surface area contributed by atoms with Gasteiger partial charge in [0.25, 0.3) is 0 Å². The lowest BCUT2D eigenvalue weighted by Crippen LogP contribution is -2.46. The molecule has 2 rings (SSSR count). The summed E-state index contributed by atoms with van der Waals surface area (Å²) in [6.07, 6.45) is 6.35. The van der Waals surface area contributed by atoms with Crippen LogP contribution in [-0.2, 0) is 16.0 Å². The number of hydrazine groups is 1. The fourth-order valence-corrected chi connectivity index (χ4v) is 3.21. The van der Waals surface area contributed by atoms with Gasteiger partial charge in [0.1, 0.15) is 0 Å². The van der Waals surface area contributed by atoms with Crippen LogP contribution in [0.4, 0.5) is 0 Å². The molecule has 1 atom stereocenters. The Balaban J connectivity index is 1.77. The first kappa shape index (κ1) is 16.7. The number of carbonyl (C=O) groups is 2. The molecule has 0 heterocycles. The highest BCUT2D eigenvalue weighted by Gasteiger charge is 2.31. The van der Waals surface area contributed by atoms with Gasteiger partial charge in [0.15, 0.2) is 0 Å². The molecule has 0 radical (unpaired) electrons. The van der Waals surface area contributed by atoms with E-state index in [2.05, 4.69) is 0 Å². The van der Waals surface area contributed by atoms with Gasteiger partial charge in [-0.25, -0.2) is 10.9 Å². The van der Waals surface area contributed by atoms with Crippen LogP contribution >= 0.6 is 0 Å². The lowest BCUT2D eigenvalue weighted by Gasteiger charge is -2.23. The molecular formula is C18H26N2O2. The summed E-state index contributed by atoms with van der Waals surface area (Å²) in [5, 5.41) is 0.855. The van der Waals surface area contributed by atoms with Crippen molar-refractivity contribution in [2.24, 2.45) is 17.7 Å². The topological polar surface area (TPSA) is 63.4 Å². The fourth-order valence-electron chi connectivity index (χ4n) is 3.21. The van der Waals surface area contributed by atoms with E-state index in [4.69, 9.17) is 5.84 Å². The van der Waals surface area contributed by atoms with Crippen LogP contribution in [0, 0.1) is 11.8 Å². The molecule has 2 amide bonds. The van der Waals surface area contributed by atoms with Crippen LogP contribution in [0.5, 0.6) is 0 Å². The Morgan fingerprint density at radius 1 is 1.23 bits per heavy atom. The molecule has 1 fully saturated rings. The average molecular weight is 302 g/mol. The number of nitrogens with zero attached hydrogens (tertiary/aromatic N) is 1. The number of imide groups is 1. The summed E-state index contributed by atoms with van der Waals surface area (Å²) in [5.41, 5.74) is 1.20. The summed E-state index contributed by atoms with van der Waals surface area (Å²) in [7, 11) is 0. The van der Waals surface area contributed by atoms with Crippen LogP contribution in [0.1, 0.15) is 51.0 Å². The molecule has 4 nitrogen and oxygen atoms in total. The minimum atomic E-state index is -0.272. The monoisotopic (exact) mass is 302 g/mol. The number of hydrogen-bond acceptors (Lipinski definition) is 3. The summed E-state index contributed by atoms with van der Waals surface area (Å²) < 4.78 is 0. The molecule has 120 valence electrons. The quantitative estimate of drug-likeness (QED) is 0.499. The second kappa shape index (κ2) is 8.08. The van der Waals surface area contributed by atoms with E-state index in [0.717, 1.165) is 24.3 Å². The second-order valence-electron chi connectivity index (χ2n) is 6.27. The van der Waals surface area contributed by atoms with Gasteiger partial charge in [-0.05, 0) is 37.2 Å². The van der Waals surface area contributed by atoms with Crippen molar-refractivity contribution < 1.29 is 9.59 Å². The van der Waals surface area contributed by atoms with E-state index in [1.54, 1.807) is 0 Å². The zero-order valence-corrected chi connectivity index (χ0v) is 13.3. The maximum Gasteiger partial charge on any atom is 0.246 e. The van der Waals surface area contributed by atoms with E-state index in [1.165, 1.54) is 18.4 Å². The van der Waals surface area contributed by atoms with Gasteiger partial charge in [0.05, 0.1) is 0 Å². The zero-order valence-electron chi connectivity index (χ0n) is 13.3. The molecule has 0 aromatic heterocycles. The first-order chi connectivity index (χ1) is 10.6. The molecule has 1 aromatic carbocycles. The molecule has 1 unspecified atom stereocenters. The number of benzene rings is 1. The Hall–Kier alpha value is -1.68. The number of amides is 2. The molecule has 0 saturated heterocycles. The first-order valence-corrected chi connectivity index (χ1v) is 8.25. The highest BCUT2D eigenvalue weighted by Crippen LogP contribution is 2.31. The molecule has 1 aliphatic carbocycles. The van der Waals surface area contributed by atoms with Crippen LogP contribution in [0.3, 0.4) is 0 Å². The van der Waals surface area contributed by atoms with Crippen LogP contribution in [-0.4, -0.2) is 16.8 Å².